The number of thiophene rings is 1. The molecule has 10 heteroatoms. The number of fused-ring (bicyclic) bond motifs is 1. The maximum atomic E-state index is 13.2. The lowest BCUT2D eigenvalue weighted by atomic mass is 10.1. The number of halogens is 3. The number of hydrogen-bond acceptors (Lipinski definition) is 4. The Kier molecular flexibility index (Phi) is 4.89. The highest BCUT2D eigenvalue weighted by Gasteiger charge is 2.37. The SMILES string of the molecule is Cc1ccncc1NC(=O)c1ccn2c1C(=O)N(c1ccc(C(F)(F)F)s1)C[C@@H]2C. The summed E-state index contributed by atoms with van der Waals surface area (Å²) in [5.41, 5.74) is 1.64. The molecule has 0 aromatic carbocycles. The lowest BCUT2D eigenvalue weighted by Gasteiger charge is -2.32. The third-order valence-electron chi connectivity index (χ3n) is 4.95. The molecule has 0 saturated carbocycles. The summed E-state index contributed by atoms with van der Waals surface area (Å²) in [5.74, 6) is -0.994. The standard InChI is InChI=1S/C20H17F3N4O2S/c1-11-5-7-24-9-14(11)25-18(28)13-6-8-26-12(2)10-27(19(29)17(13)26)16-4-3-15(30-16)20(21,22)23/h3-9,12H,10H2,1-2H3,(H,25,28)/t12-/m0/s1. The van der Waals surface area contributed by atoms with Gasteiger partial charge in [0.05, 0.1) is 22.4 Å². The van der Waals surface area contributed by atoms with Crippen molar-refractivity contribution in [3.8, 4) is 0 Å². The molecule has 4 heterocycles. The van der Waals surface area contributed by atoms with Crippen LogP contribution in [-0.2, 0) is 6.18 Å². The summed E-state index contributed by atoms with van der Waals surface area (Å²) in [4.78, 5) is 30.5. The number of rotatable bonds is 3. The molecular formula is C20H17F3N4O2S. The molecule has 1 aliphatic heterocycles. The fourth-order valence-electron chi connectivity index (χ4n) is 3.39. The smallest absolute Gasteiger partial charge is 0.338 e. The highest BCUT2D eigenvalue weighted by Crippen LogP contribution is 2.40. The van der Waals surface area contributed by atoms with Crippen LogP contribution < -0.4 is 10.2 Å². The second kappa shape index (κ2) is 7.28. The van der Waals surface area contributed by atoms with Gasteiger partial charge in [-0.25, -0.2) is 0 Å². The van der Waals surface area contributed by atoms with E-state index in [1.54, 1.807) is 29.1 Å². The molecule has 6 nitrogen and oxygen atoms in total. The van der Waals surface area contributed by atoms with Gasteiger partial charge in [0.1, 0.15) is 10.6 Å². The third-order valence-corrected chi connectivity index (χ3v) is 6.11. The summed E-state index contributed by atoms with van der Waals surface area (Å²) >= 11 is 0.510. The minimum Gasteiger partial charge on any atom is -0.338 e. The number of alkyl halides is 3. The second-order valence-electron chi connectivity index (χ2n) is 7.03. The average Bonchev–Trinajstić information content (AvgIpc) is 3.34. The zero-order valence-electron chi connectivity index (χ0n) is 16.0. The number of carbonyl (C=O) groups excluding carboxylic acids is 2. The van der Waals surface area contributed by atoms with Gasteiger partial charge in [-0.2, -0.15) is 13.2 Å². The van der Waals surface area contributed by atoms with Gasteiger partial charge in [-0.1, -0.05) is 0 Å². The van der Waals surface area contributed by atoms with Crippen LogP contribution in [0.15, 0.2) is 42.9 Å². The lowest BCUT2D eigenvalue weighted by Crippen LogP contribution is -2.42. The van der Waals surface area contributed by atoms with Gasteiger partial charge in [0.2, 0.25) is 0 Å². The Balaban J connectivity index is 1.67. The number of hydrogen-bond donors (Lipinski definition) is 1. The minimum atomic E-state index is -4.47. The van der Waals surface area contributed by atoms with Gasteiger partial charge in [-0.05, 0) is 43.7 Å². The Morgan fingerprint density at radius 1 is 1.27 bits per heavy atom. The van der Waals surface area contributed by atoms with E-state index >= 15 is 0 Å². The van der Waals surface area contributed by atoms with Gasteiger partial charge in [0, 0.05) is 25.0 Å². The van der Waals surface area contributed by atoms with Crippen LogP contribution in [-0.4, -0.2) is 27.9 Å². The minimum absolute atomic E-state index is 0.148. The van der Waals surface area contributed by atoms with Gasteiger partial charge in [-0.3, -0.25) is 19.5 Å². The molecule has 30 heavy (non-hydrogen) atoms. The molecule has 156 valence electrons. The molecule has 3 aromatic heterocycles. The first-order valence-electron chi connectivity index (χ1n) is 9.08. The molecule has 4 rings (SSSR count). The van der Waals surface area contributed by atoms with Crippen molar-refractivity contribution in [2.24, 2.45) is 0 Å². The van der Waals surface area contributed by atoms with E-state index in [2.05, 4.69) is 10.3 Å². The molecule has 0 spiro atoms. The molecule has 3 aromatic rings. The summed E-state index contributed by atoms with van der Waals surface area (Å²) in [6.45, 7) is 3.87. The summed E-state index contributed by atoms with van der Waals surface area (Å²) < 4.78 is 40.6. The molecule has 0 fully saturated rings. The van der Waals surface area contributed by atoms with E-state index in [-0.39, 0.29) is 28.8 Å². The fraction of sp³-hybridized carbons (Fsp3) is 0.250. The van der Waals surface area contributed by atoms with Gasteiger partial charge >= 0.3 is 6.18 Å². The fourth-order valence-corrected chi connectivity index (χ4v) is 4.27. The van der Waals surface area contributed by atoms with Crippen molar-refractivity contribution in [2.45, 2.75) is 26.1 Å². The molecule has 1 N–H and O–H groups in total. The predicted octanol–water partition coefficient (Wildman–Crippen LogP) is 4.75. The normalized spacial score (nSPS) is 16.5. The number of aromatic nitrogens is 2. The van der Waals surface area contributed by atoms with Crippen LogP contribution in [0.2, 0.25) is 0 Å². The quantitative estimate of drug-likeness (QED) is 0.647. The van der Waals surface area contributed by atoms with E-state index in [9.17, 15) is 22.8 Å². The van der Waals surface area contributed by atoms with Crippen LogP contribution in [0, 0.1) is 6.92 Å². The van der Waals surface area contributed by atoms with E-state index in [1.165, 1.54) is 17.2 Å². The summed E-state index contributed by atoms with van der Waals surface area (Å²) in [7, 11) is 0. The van der Waals surface area contributed by atoms with Crippen molar-refractivity contribution in [3.63, 3.8) is 0 Å². The van der Waals surface area contributed by atoms with Crippen LogP contribution in [0.4, 0.5) is 23.9 Å². The van der Waals surface area contributed by atoms with Crippen LogP contribution >= 0.6 is 11.3 Å². The average molecular weight is 434 g/mol. The van der Waals surface area contributed by atoms with Crippen molar-refractivity contribution in [1.82, 2.24) is 9.55 Å². The number of carbonyl (C=O) groups is 2. The first-order valence-corrected chi connectivity index (χ1v) is 9.90. The molecule has 0 saturated heterocycles. The Morgan fingerprint density at radius 2 is 2.03 bits per heavy atom. The number of amides is 2. The van der Waals surface area contributed by atoms with E-state index < -0.39 is 22.9 Å². The number of nitrogens with zero attached hydrogens (tertiary/aromatic N) is 3. The number of anilines is 2. The second-order valence-corrected chi connectivity index (χ2v) is 8.09. The van der Waals surface area contributed by atoms with Crippen molar-refractivity contribution >= 4 is 33.8 Å². The summed E-state index contributed by atoms with van der Waals surface area (Å²) in [6.07, 6.45) is 0.289. The zero-order valence-corrected chi connectivity index (χ0v) is 16.8. The van der Waals surface area contributed by atoms with Crippen molar-refractivity contribution < 1.29 is 22.8 Å². The van der Waals surface area contributed by atoms with Crippen molar-refractivity contribution in [2.75, 3.05) is 16.8 Å². The van der Waals surface area contributed by atoms with Crippen LogP contribution in [0.3, 0.4) is 0 Å². The highest BCUT2D eigenvalue weighted by molar-refractivity contribution is 7.16. The number of aryl methyl sites for hydroxylation is 1. The molecular weight excluding hydrogens is 417 g/mol. The van der Waals surface area contributed by atoms with Crippen LogP contribution in [0.25, 0.3) is 0 Å². The van der Waals surface area contributed by atoms with E-state index in [4.69, 9.17) is 0 Å². The molecule has 1 aliphatic rings. The largest absolute Gasteiger partial charge is 0.425 e. The van der Waals surface area contributed by atoms with E-state index in [0.717, 1.165) is 11.6 Å². The first kappa shape index (κ1) is 20.1. The van der Waals surface area contributed by atoms with Gasteiger partial charge in [-0.15, -0.1) is 11.3 Å². The Bertz CT molecular complexity index is 1140. The topological polar surface area (TPSA) is 67.2 Å². The van der Waals surface area contributed by atoms with Gasteiger partial charge < -0.3 is 9.88 Å². The molecule has 0 unspecified atom stereocenters. The van der Waals surface area contributed by atoms with Crippen molar-refractivity contribution in [1.29, 1.82) is 0 Å². The monoisotopic (exact) mass is 434 g/mol. The van der Waals surface area contributed by atoms with Gasteiger partial charge in [0.15, 0.2) is 0 Å². The van der Waals surface area contributed by atoms with Crippen LogP contribution in [0.5, 0.6) is 0 Å². The Hall–Kier alpha value is -3.14. The molecule has 0 bridgehead atoms. The summed E-state index contributed by atoms with van der Waals surface area (Å²) in [5, 5.41) is 2.94. The maximum absolute atomic E-state index is 13.2. The molecule has 0 aliphatic carbocycles. The first-order chi connectivity index (χ1) is 14.2. The molecule has 1 atom stereocenters. The highest BCUT2D eigenvalue weighted by atomic mass is 32.1. The van der Waals surface area contributed by atoms with E-state index in [1.807, 2.05) is 13.8 Å². The third kappa shape index (κ3) is 3.47. The zero-order chi connectivity index (χ0) is 21.6. The molecule has 0 radical (unpaired) electrons. The molecule has 2 amide bonds. The maximum Gasteiger partial charge on any atom is 0.425 e. The number of nitrogens with one attached hydrogen (secondary N) is 1. The Labute approximate surface area is 174 Å². The predicted molar refractivity (Wildman–Crippen MR) is 107 cm³/mol. The van der Waals surface area contributed by atoms with E-state index in [0.29, 0.717) is 17.0 Å². The van der Waals surface area contributed by atoms with Gasteiger partial charge in [0.25, 0.3) is 11.8 Å². The van der Waals surface area contributed by atoms with Crippen LogP contribution in [0.1, 0.15) is 44.3 Å². The van der Waals surface area contributed by atoms with Crippen molar-refractivity contribution in [3.05, 3.63) is 64.6 Å². The summed E-state index contributed by atoms with van der Waals surface area (Å²) in [6, 6.07) is 5.33. The lowest BCUT2D eigenvalue weighted by molar-refractivity contribution is -0.134. The number of pyridine rings is 1. The Morgan fingerprint density at radius 3 is 2.70 bits per heavy atom.